The van der Waals surface area contributed by atoms with Crippen LogP contribution >= 0.6 is 0 Å². The van der Waals surface area contributed by atoms with E-state index in [9.17, 15) is 14.4 Å². The molecule has 0 aromatic heterocycles. The summed E-state index contributed by atoms with van der Waals surface area (Å²) in [5.74, 6) is -0.273. The fourth-order valence-corrected chi connectivity index (χ4v) is 5.06. The van der Waals surface area contributed by atoms with Crippen molar-refractivity contribution in [1.82, 2.24) is 15.1 Å². The first kappa shape index (κ1) is 25.9. The molecule has 0 aromatic rings. The second-order valence-electron chi connectivity index (χ2n) is 9.69. The molecular weight excluding hydrogens is 430 g/mol. The maximum Gasteiger partial charge on any atom is 0.410 e. The van der Waals surface area contributed by atoms with Crippen molar-refractivity contribution in [3.8, 4) is 0 Å². The Balaban J connectivity index is 2.28. The van der Waals surface area contributed by atoms with Gasteiger partial charge in [-0.15, -0.1) is 0 Å². The van der Waals surface area contributed by atoms with Crippen LogP contribution in [0.4, 0.5) is 9.59 Å². The van der Waals surface area contributed by atoms with Gasteiger partial charge in [0, 0.05) is 13.1 Å². The highest BCUT2D eigenvalue weighted by Crippen LogP contribution is 2.39. The van der Waals surface area contributed by atoms with Gasteiger partial charge in [0.1, 0.15) is 19.8 Å². The Labute approximate surface area is 191 Å². The third-order valence-electron chi connectivity index (χ3n) is 6.36. The highest BCUT2D eigenvalue weighted by molar-refractivity contribution is 6.74. The SMILES string of the molecule is C=CCOC(=O)N1CC(=O)NCC1[C@@H]1C[C@@H](O[Si](C)(C)C(C)(C)C)CN1C(=O)OCC=C. The summed E-state index contributed by atoms with van der Waals surface area (Å²) in [7, 11) is -2.09. The molecule has 0 saturated carbocycles. The number of hydrogen-bond donors (Lipinski definition) is 1. The van der Waals surface area contributed by atoms with Crippen LogP contribution in [0.25, 0.3) is 0 Å². The lowest BCUT2D eigenvalue weighted by Gasteiger charge is -2.40. The minimum absolute atomic E-state index is 0.0125. The molecule has 0 aliphatic carbocycles. The summed E-state index contributed by atoms with van der Waals surface area (Å²) in [6.45, 7) is 18.5. The summed E-state index contributed by atoms with van der Waals surface area (Å²) in [6, 6.07) is -0.853. The molecule has 1 unspecified atom stereocenters. The number of likely N-dealkylation sites (tertiary alicyclic amines) is 1. The zero-order chi connectivity index (χ0) is 24.1. The molecule has 9 nitrogen and oxygen atoms in total. The molecule has 0 spiro atoms. The highest BCUT2D eigenvalue weighted by Gasteiger charge is 2.49. The highest BCUT2D eigenvalue weighted by atomic mass is 28.4. The van der Waals surface area contributed by atoms with Crippen LogP contribution in [0.1, 0.15) is 27.2 Å². The lowest BCUT2D eigenvalue weighted by atomic mass is 10.0. The van der Waals surface area contributed by atoms with E-state index in [0.29, 0.717) is 13.0 Å². The Morgan fingerprint density at radius 1 is 1.09 bits per heavy atom. The van der Waals surface area contributed by atoms with Crippen molar-refractivity contribution in [3.63, 3.8) is 0 Å². The average molecular weight is 468 g/mol. The van der Waals surface area contributed by atoms with E-state index in [0.717, 1.165) is 0 Å². The van der Waals surface area contributed by atoms with Gasteiger partial charge in [-0.3, -0.25) is 9.69 Å². The summed E-state index contributed by atoms with van der Waals surface area (Å²) in [5, 5.41) is 2.82. The van der Waals surface area contributed by atoms with Gasteiger partial charge in [0.2, 0.25) is 5.91 Å². The molecule has 2 aliphatic heterocycles. The number of piperazine rings is 1. The lowest BCUT2D eigenvalue weighted by molar-refractivity contribution is -0.125. The van der Waals surface area contributed by atoms with Gasteiger partial charge in [0.15, 0.2) is 8.32 Å². The van der Waals surface area contributed by atoms with Gasteiger partial charge < -0.3 is 24.1 Å². The van der Waals surface area contributed by atoms with Gasteiger partial charge in [-0.05, 0) is 24.6 Å². The van der Waals surface area contributed by atoms with E-state index in [4.69, 9.17) is 13.9 Å². The number of hydrogen-bond acceptors (Lipinski definition) is 6. The van der Waals surface area contributed by atoms with Crippen LogP contribution in [0.3, 0.4) is 0 Å². The molecule has 10 heteroatoms. The third-order valence-corrected chi connectivity index (χ3v) is 10.9. The Hall–Kier alpha value is -2.33. The van der Waals surface area contributed by atoms with Crippen LogP contribution < -0.4 is 5.32 Å². The normalized spacial score (nSPS) is 24.0. The second kappa shape index (κ2) is 10.5. The van der Waals surface area contributed by atoms with E-state index >= 15 is 0 Å². The number of carbonyl (C=O) groups excluding carboxylic acids is 3. The molecule has 2 saturated heterocycles. The molecule has 0 aromatic carbocycles. The van der Waals surface area contributed by atoms with Crippen molar-refractivity contribution in [3.05, 3.63) is 25.3 Å². The predicted molar refractivity (Wildman–Crippen MR) is 124 cm³/mol. The molecule has 32 heavy (non-hydrogen) atoms. The predicted octanol–water partition coefficient (Wildman–Crippen LogP) is 2.90. The van der Waals surface area contributed by atoms with E-state index in [-0.39, 0.29) is 49.4 Å². The Kier molecular flexibility index (Phi) is 8.52. The fourth-order valence-electron chi connectivity index (χ4n) is 3.71. The fraction of sp³-hybridized carbons (Fsp3) is 0.682. The van der Waals surface area contributed by atoms with Gasteiger partial charge in [-0.2, -0.15) is 0 Å². The molecule has 0 radical (unpaired) electrons. The molecule has 2 rings (SSSR count). The molecule has 2 fully saturated rings. The molecule has 0 bridgehead atoms. The zero-order valence-corrected chi connectivity index (χ0v) is 20.9. The number of ether oxygens (including phenoxy) is 2. The summed E-state index contributed by atoms with van der Waals surface area (Å²) >= 11 is 0. The van der Waals surface area contributed by atoms with E-state index in [2.05, 4.69) is 52.3 Å². The van der Waals surface area contributed by atoms with Crippen molar-refractivity contribution in [2.45, 2.75) is 63.5 Å². The number of nitrogens with one attached hydrogen (secondary N) is 1. The Morgan fingerprint density at radius 2 is 1.66 bits per heavy atom. The van der Waals surface area contributed by atoms with E-state index in [1.165, 1.54) is 17.1 Å². The molecule has 2 heterocycles. The number of carbonyl (C=O) groups is 3. The quantitative estimate of drug-likeness (QED) is 0.457. The zero-order valence-electron chi connectivity index (χ0n) is 19.9. The second-order valence-corrected chi connectivity index (χ2v) is 14.4. The summed E-state index contributed by atoms with van der Waals surface area (Å²) in [5.41, 5.74) is 0. The third kappa shape index (κ3) is 6.13. The van der Waals surface area contributed by atoms with Gasteiger partial charge in [-0.25, -0.2) is 9.59 Å². The van der Waals surface area contributed by atoms with Crippen LogP contribution in [-0.4, -0.2) is 87.2 Å². The first-order valence-corrected chi connectivity index (χ1v) is 13.8. The van der Waals surface area contributed by atoms with Crippen molar-refractivity contribution >= 4 is 26.4 Å². The summed E-state index contributed by atoms with van der Waals surface area (Å²) in [4.78, 5) is 40.5. The smallest absolute Gasteiger partial charge is 0.410 e. The molecule has 1 N–H and O–H groups in total. The minimum Gasteiger partial charge on any atom is -0.445 e. The van der Waals surface area contributed by atoms with Crippen LogP contribution in [0.15, 0.2) is 25.3 Å². The molecule has 3 atom stereocenters. The van der Waals surface area contributed by atoms with Gasteiger partial charge in [0.05, 0.1) is 18.2 Å². The van der Waals surface area contributed by atoms with Crippen LogP contribution in [0, 0.1) is 0 Å². The van der Waals surface area contributed by atoms with Gasteiger partial charge in [-0.1, -0.05) is 46.1 Å². The van der Waals surface area contributed by atoms with Crippen LogP contribution in [-0.2, 0) is 18.7 Å². The van der Waals surface area contributed by atoms with Gasteiger partial charge in [0.25, 0.3) is 0 Å². The molecule has 2 aliphatic rings. The van der Waals surface area contributed by atoms with Crippen LogP contribution in [0.5, 0.6) is 0 Å². The number of amides is 3. The topological polar surface area (TPSA) is 97.4 Å². The largest absolute Gasteiger partial charge is 0.445 e. The first-order chi connectivity index (χ1) is 14.9. The van der Waals surface area contributed by atoms with Crippen molar-refractivity contribution in [1.29, 1.82) is 0 Å². The Morgan fingerprint density at radius 3 is 2.19 bits per heavy atom. The summed E-state index contributed by atoms with van der Waals surface area (Å²) in [6.07, 6.45) is 2.20. The lowest BCUT2D eigenvalue weighted by Crippen LogP contribution is -2.63. The maximum atomic E-state index is 12.9. The van der Waals surface area contributed by atoms with E-state index in [1.54, 1.807) is 4.90 Å². The Bertz CT molecular complexity index is 736. The number of nitrogens with zero attached hydrogens (tertiary/aromatic N) is 2. The van der Waals surface area contributed by atoms with Crippen LogP contribution in [0.2, 0.25) is 18.1 Å². The standard InChI is InChI=1S/C22H37N3O6Si/c1-8-10-29-20(27)24-14-16(31-32(6,7)22(3,4)5)12-17(24)18-13-23-19(26)15-25(18)21(28)30-11-9-2/h8-9,16-18H,1-2,10-15H2,3-7H3,(H,23,26)/t16-,17+,18?/m1/s1. The minimum atomic E-state index is -2.09. The van der Waals surface area contributed by atoms with E-state index < -0.39 is 26.5 Å². The molecular formula is C22H37N3O6Si. The van der Waals surface area contributed by atoms with Gasteiger partial charge >= 0.3 is 12.2 Å². The average Bonchev–Trinajstić information content (AvgIpc) is 3.12. The molecule has 3 amide bonds. The molecule has 180 valence electrons. The monoisotopic (exact) mass is 467 g/mol. The first-order valence-electron chi connectivity index (χ1n) is 10.9. The van der Waals surface area contributed by atoms with Crippen molar-refractivity contribution < 1.29 is 28.3 Å². The maximum absolute atomic E-state index is 12.9. The number of rotatable bonds is 7. The summed E-state index contributed by atoms with van der Waals surface area (Å²) < 4.78 is 17.1. The van der Waals surface area contributed by atoms with Crippen molar-refractivity contribution in [2.75, 3.05) is 32.8 Å². The van der Waals surface area contributed by atoms with Crippen molar-refractivity contribution in [2.24, 2.45) is 0 Å². The van der Waals surface area contributed by atoms with E-state index in [1.807, 2.05) is 0 Å².